The number of hydrogen-bond acceptors (Lipinski definition) is 2. The van der Waals surface area contributed by atoms with Crippen molar-refractivity contribution in [2.24, 2.45) is 5.92 Å². The molecule has 1 fully saturated rings. The molecule has 1 aliphatic rings. The first-order valence-electron chi connectivity index (χ1n) is 4.59. The van der Waals surface area contributed by atoms with Crippen molar-refractivity contribution < 1.29 is 4.92 Å². The minimum Gasteiger partial charge on any atom is -0.258 e. The SMILES string of the molecule is O=[N+]([O-])c1cc(Cl)ccc1CC1CC1. The summed E-state index contributed by atoms with van der Waals surface area (Å²) in [6.07, 6.45) is 3.20. The minimum atomic E-state index is -0.358. The average Bonchev–Trinajstić information content (AvgIpc) is 2.91. The van der Waals surface area contributed by atoms with Crippen LogP contribution >= 0.6 is 11.6 Å². The van der Waals surface area contributed by atoms with Gasteiger partial charge in [0.05, 0.1) is 4.92 Å². The number of hydrogen-bond donors (Lipinski definition) is 0. The predicted octanol–water partition coefficient (Wildman–Crippen LogP) is 3.20. The summed E-state index contributed by atoms with van der Waals surface area (Å²) >= 11 is 5.71. The lowest BCUT2D eigenvalue weighted by atomic mass is 10.1. The molecule has 0 heterocycles. The van der Waals surface area contributed by atoms with E-state index in [0.717, 1.165) is 12.0 Å². The molecule has 3 nitrogen and oxygen atoms in total. The maximum atomic E-state index is 10.7. The van der Waals surface area contributed by atoms with E-state index in [1.54, 1.807) is 12.1 Å². The van der Waals surface area contributed by atoms with Gasteiger partial charge in [-0.05, 0) is 31.2 Å². The second-order valence-corrected chi connectivity index (χ2v) is 4.11. The number of nitro benzene ring substituents is 1. The lowest BCUT2D eigenvalue weighted by Crippen LogP contribution is -1.96. The standard InChI is InChI=1S/C10H10ClNO2/c11-9-4-3-8(5-7-1-2-7)10(6-9)12(13)14/h3-4,6-7H,1-2,5H2. The highest BCUT2D eigenvalue weighted by Crippen LogP contribution is 2.35. The van der Waals surface area contributed by atoms with Gasteiger partial charge in [0, 0.05) is 16.7 Å². The van der Waals surface area contributed by atoms with E-state index in [1.165, 1.54) is 18.9 Å². The van der Waals surface area contributed by atoms with Gasteiger partial charge in [-0.3, -0.25) is 10.1 Å². The van der Waals surface area contributed by atoms with Crippen molar-refractivity contribution >= 4 is 17.3 Å². The molecule has 14 heavy (non-hydrogen) atoms. The molecule has 0 unspecified atom stereocenters. The third-order valence-corrected chi connectivity index (χ3v) is 2.68. The van der Waals surface area contributed by atoms with Crippen molar-refractivity contribution in [3.05, 3.63) is 38.9 Å². The molecule has 4 heteroatoms. The van der Waals surface area contributed by atoms with Gasteiger partial charge >= 0.3 is 0 Å². The lowest BCUT2D eigenvalue weighted by Gasteiger charge is -2.01. The molecule has 0 N–H and O–H groups in total. The Hall–Kier alpha value is -1.09. The summed E-state index contributed by atoms with van der Waals surface area (Å²) < 4.78 is 0. The molecule has 1 saturated carbocycles. The molecule has 0 spiro atoms. The van der Waals surface area contributed by atoms with Crippen LogP contribution in [0, 0.1) is 16.0 Å². The molecule has 0 saturated heterocycles. The molecular weight excluding hydrogens is 202 g/mol. The quantitative estimate of drug-likeness (QED) is 0.569. The van der Waals surface area contributed by atoms with Gasteiger partial charge in [0.25, 0.3) is 5.69 Å². The number of nitro groups is 1. The smallest absolute Gasteiger partial charge is 0.258 e. The fourth-order valence-electron chi connectivity index (χ4n) is 1.51. The van der Waals surface area contributed by atoms with Crippen LogP contribution in [0.15, 0.2) is 18.2 Å². The van der Waals surface area contributed by atoms with E-state index < -0.39 is 0 Å². The van der Waals surface area contributed by atoms with Crippen LogP contribution in [0.4, 0.5) is 5.69 Å². The van der Waals surface area contributed by atoms with E-state index in [0.29, 0.717) is 10.9 Å². The third kappa shape index (κ3) is 2.04. The Morgan fingerprint density at radius 2 is 2.21 bits per heavy atom. The summed E-state index contributed by atoms with van der Waals surface area (Å²) in [6.45, 7) is 0. The summed E-state index contributed by atoms with van der Waals surface area (Å²) in [5.41, 5.74) is 0.964. The van der Waals surface area contributed by atoms with Gasteiger partial charge in [0.2, 0.25) is 0 Å². The molecule has 0 amide bonds. The lowest BCUT2D eigenvalue weighted by molar-refractivity contribution is -0.385. The summed E-state index contributed by atoms with van der Waals surface area (Å²) in [7, 11) is 0. The number of benzene rings is 1. The summed E-state index contributed by atoms with van der Waals surface area (Å²) in [6, 6.07) is 4.91. The van der Waals surface area contributed by atoms with Crippen molar-refractivity contribution in [3.63, 3.8) is 0 Å². The first kappa shape index (κ1) is 9.46. The molecule has 1 aromatic carbocycles. The van der Waals surface area contributed by atoms with Crippen LogP contribution in [0.1, 0.15) is 18.4 Å². The second kappa shape index (κ2) is 3.58. The number of halogens is 1. The van der Waals surface area contributed by atoms with Crippen molar-refractivity contribution in [1.29, 1.82) is 0 Å². The Morgan fingerprint density at radius 1 is 1.50 bits per heavy atom. The minimum absolute atomic E-state index is 0.157. The van der Waals surface area contributed by atoms with Gasteiger partial charge in [0.1, 0.15) is 0 Å². The summed E-state index contributed by atoms with van der Waals surface area (Å²) in [5, 5.41) is 11.1. The molecule has 0 radical (unpaired) electrons. The van der Waals surface area contributed by atoms with Crippen LogP contribution in [0.5, 0.6) is 0 Å². The Labute approximate surface area is 86.8 Å². The predicted molar refractivity (Wildman–Crippen MR) is 54.5 cm³/mol. The maximum Gasteiger partial charge on any atom is 0.274 e. The molecular formula is C10H10ClNO2. The van der Waals surface area contributed by atoms with E-state index in [2.05, 4.69) is 0 Å². The fourth-order valence-corrected chi connectivity index (χ4v) is 1.68. The Bertz CT molecular complexity index is 374. The highest BCUT2D eigenvalue weighted by atomic mass is 35.5. The van der Waals surface area contributed by atoms with Crippen LogP contribution in [0.25, 0.3) is 0 Å². The zero-order chi connectivity index (χ0) is 10.1. The van der Waals surface area contributed by atoms with E-state index in [4.69, 9.17) is 11.6 Å². The van der Waals surface area contributed by atoms with Crippen molar-refractivity contribution in [2.45, 2.75) is 19.3 Å². The van der Waals surface area contributed by atoms with Crippen molar-refractivity contribution in [1.82, 2.24) is 0 Å². The number of rotatable bonds is 3. The van der Waals surface area contributed by atoms with Gasteiger partial charge in [-0.25, -0.2) is 0 Å². The average molecular weight is 212 g/mol. The number of nitrogens with zero attached hydrogens (tertiary/aromatic N) is 1. The molecule has 74 valence electrons. The molecule has 0 aliphatic heterocycles. The molecule has 0 atom stereocenters. The van der Waals surface area contributed by atoms with Gasteiger partial charge in [0.15, 0.2) is 0 Å². The van der Waals surface area contributed by atoms with Crippen LogP contribution in [-0.4, -0.2) is 4.92 Å². The molecule has 2 rings (SSSR count). The highest BCUT2D eigenvalue weighted by Gasteiger charge is 2.25. The van der Waals surface area contributed by atoms with Gasteiger partial charge in [-0.2, -0.15) is 0 Å². The molecule has 0 aromatic heterocycles. The normalized spacial score (nSPS) is 15.5. The second-order valence-electron chi connectivity index (χ2n) is 3.68. The Balaban J connectivity index is 2.31. The monoisotopic (exact) mass is 211 g/mol. The van der Waals surface area contributed by atoms with Crippen molar-refractivity contribution in [2.75, 3.05) is 0 Å². The molecule has 0 bridgehead atoms. The largest absolute Gasteiger partial charge is 0.274 e. The zero-order valence-electron chi connectivity index (χ0n) is 7.57. The van der Waals surface area contributed by atoms with Gasteiger partial charge in [-0.1, -0.05) is 17.7 Å². The molecule has 1 aliphatic carbocycles. The van der Waals surface area contributed by atoms with E-state index in [-0.39, 0.29) is 10.6 Å². The van der Waals surface area contributed by atoms with Crippen LogP contribution in [0.3, 0.4) is 0 Å². The maximum absolute atomic E-state index is 10.7. The van der Waals surface area contributed by atoms with Crippen LogP contribution in [-0.2, 0) is 6.42 Å². The summed E-state index contributed by atoms with van der Waals surface area (Å²) in [4.78, 5) is 10.4. The summed E-state index contributed by atoms with van der Waals surface area (Å²) in [5.74, 6) is 0.648. The molecule has 1 aromatic rings. The van der Waals surface area contributed by atoms with Crippen LogP contribution < -0.4 is 0 Å². The fraction of sp³-hybridized carbons (Fsp3) is 0.400. The third-order valence-electron chi connectivity index (χ3n) is 2.45. The Kier molecular flexibility index (Phi) is 2.42. The van der Waals surface area contributed by atoms with E-state index in [1.807, 2.05) is 0 Å². The van der Waals surface area contributed by atoms with Gasteiger partial charge in [-0.15, -0.1) is 0 Å². The van der Waals surface area contributed by atoms with E-state index >= 15 is 0 Å². The first-order chi connectivity index (χ1) is 6.66. The van der Waals surface area contributed by atoms with Crippen LogP contribution in [0.2, 0.25) is 5.02 Å². The highest BCUT2D eigenvalue weighted by molar-refractivity contribution is 6.30. The Morgan fingerprint density at radius 3 is 2.79 bits per heavy atom. The van der Waals surface area contributed by atoms with Gasteiger partial charge < -0.3 is 0 Å². The van der Waals surface area contributed by atoms with Crippen molar-refractivity contribution in [3.8, 4) is 0 Å². The van der Waals surface area contributed by atoms with E-state index in [9.17, 15) is 10.1 Å². The first-order valence-corrected chi connectivity index (χ1v) is 4.97. The topological polar surface area (TPSA) is 43.1 Å². The zero-order valence-corrected chi connectivity index (χ0v) is 8.33.